The van der Waals surface area contributed by atoms with Crippen LogP contribution in [0.5, 0.6) is 0 Å². The highest BCUT2D eigenvalue weighted by molar-refractivity contribution is 5.70. The third-order valence-corrected chi connectivity index (χ3v) is 5.35. The molecular formula is C17H25FN4. The Morgan fingerprint density at radius 3 is 2.91 bits per heavy atom. The van der Waals surface area contributed by atoms with Gasteiger partial charge in [-0.1, -0.05) is 23.6 Å². The molecule has 0 saturated heterocycles. The fourth-order valence-corrected chi connectivity index (χ4v) is 3.85. The van der Waals surface area contributed by atoms with E-state index in [-0.39, 0.29) is 0 Å². The predicted octanol–water partition coefficient (Wildman–Crippen LogP) is 3.54. The second kappa shape index (κ2) is 5.86. The number of rotatable bonds is 3. The third kappa shape index (κ3) is 2.57. The first-order valence-electron chi connectivity index (χ1n) is 8.14. The van der Waals surface area contributed by atoms with Gasteiger partial charge in [-0.25, -0.2) is 15.1 Å². The molecule has 0 spiro atoms. The summed E-state index contributed by atoms with van der Waals surface area (Å²) < 4.78 is 14.1. The number of anilines is 2. The van der Waals surface area contributed by atoms with Gasteiger partial charge in [0.05, 0.1) is 12.2 Å². The smallest absolute Gasteiger partial charge is 0.158 e. The molecule has 1 aliphatic heterocycles. The molecule has 3 rings (SSSR count). The van der Waals surface area contributed by atoms with E-state index in [0.29, 0.717) is 36.5 Å². The van der Waals surface area contributed by atoms with Crippen LogP contribution >= 0.6 is 0 Å². The molecule has 0 radical (unpaired) electrons. The van der Waals surface area contributed by atoms with Crippen LogP contribution in [0.3, 0.4) is 0 Å². The number of fused-ring (bicyclic) bond motifs is 1. The third-order valence-electron chi connectivity index (χ3n) is 5.35. The van der Waals surface area contributed by atoms with Gasteiger partial charge in [-0.15, -0.1) is 0 Å². The summed E-state index contributed by atoms with van der Waals surface area (Å²) in [5.41, 5.74) is 2.64. The molecule has 1 aromatic heterocycles. The maximum Gasteiger partial charge on any atom is 0.158 e. The van der Waals surface area contributed by atoms with Crippen LogP contribution in [-0.4, -0.2) is 29.6 Å². The number of allylic oxidation sites excluding steroid dienone is 1. The van der Waals surface area contributed by atoms with E-state index in [9.17, 15) is 4.48 Å². The van der Waals surface area contributed by atoms with Gasteiger partial charge in [0.2, 0.25) is 0 Å². The van der Waals surface area contributed by atoms with Gasteiger partial charge >= 0.3 is 0 Å². The van der Waals surface area contributed by atoms with Crippen LogP contribution in [0.2, 0.25) is 0 Å². The molecule has 4 nitrogen and oxygen atoms in total. The highest BCUT2D eigenvalue weighted by Crippen LogP contribution is 2.40. The van der Waals surface area contributed by atoms with Crippen molar-refractivity contribution in [3.05, 3.63) is 24.2 Å². The minimum atomic E-state index is 0.364. The molecule has 0 N–H and O–H groups in total. The summed E-state index contributed by atoms with van der Waals surface area (Å²) in [5, 5.41) is 0.797. The normalized spacial score (nSPS) is 27.6. The zero-order chi connectivity index (χ0) is 15.9. The Morgan fingerprint density at radius 1 is 1.41 bits per heavy atom. The van der Waals surface area contributed by atoms with Crippen molar-refractivity contribution in [1.82, 2.24) is 9.97 Å². The first-order chi connectivity index (χ1) is 10.5. The molecule has 5 heteroatoms. The molecule has 3 unspecified atom stereocenters. The molecule has 1 aromatic rings. The summed E-state index contributed by atoms with van der Waals surface area (Å²) in [6.07, 6.45) is 5.67. The summed E-state index contributed by atoms with van der Waals surface area (Å²) in [7, 11) is 2.04. The average molecular weight is 304 g/mol. The lowest BCUT2D eigenvalue weighted by Crippen LogP contribution is -2.42. The van der Waals surface area contributed by atoms with Crippen LogP contribution in [0.1, 0.15) is 38.8 Å². The SMILES string of the molecule is C=C(C)C1CCC(C)C(N(C)c2ncnc3c2N(F)CC3)C1. The van der Waals surface area contributed by atoms with Gasteiger partial charge in [-0.2, -0.15) is 0 Å². The van der Waals surface area contributed by atoms with Crippen molar-refractivity contribution in [3.63, 3.8) is 0 Å². The van der Waals surface area contributed by atoms with Crippen LogP contribution in [-0.2, 0) is 6.42 Å². The van der Waals surface area contributed by atoms with Crippen molar-refractivity contribution in [3.8, 4) is 0 Å². The first kappa shape index (κ1) is 15.3. The second-order valence-electron chi connectivity index (χ2n) is 6.84. The van der Waals surface area contributed by atoms with Crippen LogP contribution in [0, 0.1) is 11.8 Å². The number of hydrogen-bond acceptors (Lipinski definition) is 4. The molecule has 3 atom stereocenters. The Hall–Kier alpha value is -1.65. The van der Waals surface area contributed by atoms with Gasteiger partial charge in [0.1, 0.15) is 12.0 Å². The van der Waals surface area contributed by atoms with Crippen molar-refractivity contribution in [1.29, 1.82) is 0 Å². The largest absolute Gasteiger partial charge is 0.354 e. The zero-order valence-electron chi connectivity index (χ0n) is 13.7. The molecule has 2 heterocycles. The van der Waals surface area contributed by atoms with Crippen LogP contribution in [0.25, 0.3) is 0 Å². The van der Waals surface area contributed by atoms with Crippen molar-refractivity contribution in [2.75, 3.05) is 23.6 Å². The van der Waals surface area contributed by atoms with Crippen molar-refractivity contribution in [2.45, 2.75) is 45.6 Å². The molecular weight excluding hydrogens is 279 g/mol. The van der Waals surface area contributed by atoms with Gasteiger partial charge in [-0.05, 0) is 38.0 Å². The number of nitrogens with zero attached hydrogens (tertiary/aromatic N) is 4. The fourth-order valence-electron chi connectivity index (χ4n) is 3.85. The monoisotopic (exact) mass is 304 g/mol. The van der Waals surface area contributed by atoms with E-state index in [1.165, 1.54) is 18.4 Å². The summed E-state index contributed by atoms with van der Waals surface area (Å²) in [5.74, 6) is 1.85. The quantitative estimate of drug-likeness (QED) is 0.631. The van der Waals surface area contributed by atoms with Crippen molar-refractivity contribution in [2.24, 2.45) is 11.8 Å². The lowest BCUT2D eigenvalue weighted by Gasteiger charge is -2.41. The molecule has 1 fully saturated rings. The highest BCUT2D eigenvalue weighted by Gasteiger charge is 2.34. The molecule has 1 aliphatic carbocycles. The zero-order valence-corrected chi connectivity index (χ0v) is 13.7. The molecule has 0 aromatic carbocycles. The van der Waals surface area contributed by atoms with E-state index in [0.717, 1.165) is 23.1 Å². The van der Waals surface area contributed by atoms with E-state index in [1.54, 1.807) is 6.33 Å². The van der Waals surface area contributed by atoms with Crippen LogP contribution in [0.4, 0.5) is 16.0 Å². The van der Waals surface area contributed by atoms with Gasteiger partial charge in [0.15, 0.2) is 5.82 Å². The lowest BCUT2D eigenvalue weighted by atomic mass is 9.76. The summed E-state index contributed by atoms with van der Waals surface area (Å²) in [4.78, 5) is 10.8. The predicted molar refractivity (Wildman–Crippen MR) is 87.7 cm³/mol. The van der Waals surface area contributed by atoms with E-state index in [1.807, 2.05) is 7.05 Å². The lowest BCUT2D eigenvalue weighted by molar-refractivity contribution is 0.269. The summed E-state index contributed by atoms with van der Waals surface area (Å²) in [6.45, 7) is 8.90. The maximum absolute atomic E-state index is 14.1. The molecule has 1 saturated carbocycles. The number of halogens is 1. The standard InChI is InChI=1S/C17H25FN4/c1-11(2)13-6-5-12(3)15(9-13)21(4)17-16-14(19-10-20-17)7-8-22(16)18/h10,12-13,15H,1,5-9H2,2-4H3. The summed E-state index contributed by atoms with van der Waals surface area (Å²) >= 11 is 0. The maximum atomic E-state index is 14.1. The minimum absolute atomic E-state index is 0.364. The number of hydrogen-bond donors (Lipinski definition) is 0. The van der Waals surface area contributed by atoms with E-state index < -0.39 is 0 Å². The number of aromatic nitrogens is 2. The van der Waals surface area contributed by atoms with E-state index in [2.05, 4.69) is 35.3 Å². The van der Waals surface area contributed by atoms with Crippen LogP contribution < -0.4 is 10.0 Å². The first-order valence-corrected chi connectivity index (χ1v) is 8.14. The molecule has 0 bridgehead atoms. The van der Waals surface area contributed by atoms with Gasteiger partial charge in [0, 0.05) is 19.5 Å². The van der Waals surface area contributed by atoms with Crippen LogP contribution in [0.15, 0.2) is 18.5 Å². The highest BCUT2D eigenvalue weighted by atomic mass is 19.2. The molecule has 22 heavy (non-hydrogen) atoms. The van der Waals surface area contributed by atoms with Gasteiger partial charge in [0.25, 0.3) is 0 Å². The second-order valence-corrected chi connectivity index (χ2v) is 6.84. The topological polar surface area (TPSA) is 32.3 Å². The Bertz CT molecular complexity index is 574. The Morgan fingerprint density at radius 2 is 2.18 bits per heavy atom. The Balaban J connectivity index is 1.89. The summed E-state index contributed by atoms with van der Waals surface area (Å²) in [6, 6.07) is 0.364. The Labute approximate surface area is 132 Å². The fraction of sp³-hybridized carbons (Fsp3) is 0.647. The minimum Gasteiger partial charge on any atom is -0.354 e. The molecule has 120 valence electrons. The molecule has 0 amide bonds. The average Bonchev–Trinajstić information content (AvgIpc) is 2.88. The Kier molecular flexibility index (Phi) is 4.06. The van der Waals surface area contributed by atoms with Gasteiger partial charge in [-0.3, -0.25) is 0 Å². The van der Waals surface area contributed by atoms with E-state index in [4.69, 9.17) is 0 Å². The van der Waals surface area contributed by atoms with Gasteiger partial charge < -0.3 is 4.90 Å². The molecule has 2 aliphatic rings. The van der Waals surface area contributed by atoms with Crippen molar-refractivity contribution < 1.29 is 4.48 Å². The van der Waals surface area contributed by atoms with Crippen molar-refractivity contribution >= 4 is 11.5 Å². The van der Waals surface area contributed by atoms with E-state index >= 15 is 0 Å².